The number of aryl methyl sites for hydroxylation is 2. The smallest absolute Gasteiger partial charge is 0.269 e. The van der Waals surface area contributed by atoms with Crippen molar-refractivity contribution in [3.8, 4) is 11.3 Å². The van der Waals surface area contributed by atoms with Gasteiger partial charge in [0.05, 0.1) is 17.1 Å². The van der Waals surface area contributed by atoms with Crippen LogP contribution in [0, 0.1) is 13.3 Å². The number of primary amides is 1. The van der Waals surface area contributed by atoms with E-state index in [-0.39, 0.29) is 5.69 Å². The van der Waals surface area contributed by atoms with Crippen LogP contribution < -0.4 is 5.73 Å². The van der Waals surface area contributed by atoms with E-state index in [0.717, 1.165) is 17.0 Å². The maximum atomic E-state index is 11.7. The fourth-order valence-corrected chi connectivity index (χ4v) is 3.46. The van der Waals surface area contributed by atoms with E-state index in [9.17, 15) is 4.79 Å². The van der Waals surface area contributed by atoms with Gasteiger partial charge in [-0.1, -0.05) is 31.2 Å². The standard InChI is InChI=1S/C20H24N3O/c1-3-17-19(20(21)24)23-18(13(2)22-17)16-11-9-15(10-12-16)14-7-5-4-6-8-14/h4,9-12,14H,3,5-8H2,1-2H3,(H2,21,24). The SMILES string of the molecule is CCc1nc(C)c(-c2ccc(C3CC[CH]CC3)cc2)nc1C(N)=O. The van der Waals surface area contributed by atoms with Gasteiger partial charge in [-0.15, -0.1) is 0 Å². The highest BCUT2D eigenvalue weighted by Crippen LogP contribution is 2.33. The highest BCUT2D eigenvalue weighted by atomic mass is 16.1. The van der Waals surface area contributed by atoms with Crippen molar-refractivity contribution in [1.82, 2.24) is 9.97 Å². The lowest BCUT2D eigenvalue weighted by Gasteiger charge is -2.22. The number of carbonyl (C=O) groups excluding carboxylic acids is 1. The summed E-state index contributed by atoms with van der Waals surface area (Å²) in [7, 11) is 0. The molecule has 0 unspecified atom stereocenters. The molecule has 4 nitrogen and oxygen atoms in total. The highest BCUT2D eigenvalue weighted by Gasteiger charge is 2.18. The molecule has 0 bridgehead atoms. The zero-order valence-electron chi connectivity index (χ0n) is 14.4. The van der Waals surface area contributed by atoms with Crippen LogP contribution in [0.3, 0.4) is 0 Å². The average Bonchev–Trinajstić information content (AvgIpc) is 2.62. The zero-order chi connectivity index (χ0) is 17.1. The summed E-state index contributed by atoms with van der Waals surface area (Å²) in [5.74, 6) is 0.135. The summed E-state index contributed by atoms with van der Waals surface area (Å²) in [6.07, 6.45) is 7.90. The molecule has 1 aliphatic carbocycles. The molecule has 1 aromatic carbocycles. The first kappa shape index (κ1) is 16.6. The number of carbonyl (C=O) groups is 1. The van der Waals surface area contributed by atoms with E-state index in [1.165, 1.54) is 31.2 Å². The molecular formula is C20H24N3O. The number of rotatable bonds is 4. The van der Waals surface area contributed by atoms with Crippen LogP contribution in [0.4, 0.5) is 0 Å². The van der Waals surface area contributed by atoms with Gasteiger partial charge in [-0.3, -0.25) is 9.78 Å². The van der Waals surface area contributed by atoms with Crippen LogP contribution in [0.2, 0.25) is 0 Å². The van der Waals surface area contributed by atoms with E-state index in [0.29, 0.717) is 18.0 Å². The van der Waals surface area contributed by atoms with E-state index >= 15 is 0 Å². The van der Waals surface area contributed by atoms with Gasteiger partial charge in [-0.05, 0) is 56.9 Å². The van der Waals surface area contributed by atoms with Gasteiger partial charge in [0.15, 0.2) is 0 Å². The molecule has 1 amide bonds. The van der Waals surface area contributed by atoms with Crippen molar-refractivity contribution in [2.75, 3.05) is 0 Å². The first-order chi connectivity index (χ1) is 11.6. The summed E-state index contributed by atoms with van der Waals surface area (Å²) in [6.45, 7) is 3.88. The van der Waals surface area contributed by atoms with E-state index in [2.05, 4.69) is 40.7 Å². The second-order valence-electron chi connectivity index (χ2n) is 6.43. The quantitative estimate of drug-likeness (QED) is 0.926. The van der Waals surface area contributed by atoms with Gasteiger partial charge < -0.3 is 5.73 Å². The summed E-state index contributed by atoms with van der Waals surface area (Å²) in [6, 6.07) is 8.54. The number of hydrogen-bond acceptors (Lipinski definition) is 3. The molecule has 1 radical (unpaired) electrons. The van der Waals surface area contributed by atoms with Crippen molar-refractivity contribution in [2.24, 2.45) is 5.73 Å². The van der Waals surface area contributed by atoms with Crippen LogP contribution in [-0.4, -0.2) is 15.9 Å². The second-order valence-corrected chi connectivity index (χ2v) is 6.43. The minimum Gasteiger partial charge on any atom is -0.364 e. The summed E-state index contributed by atoms with van der Waals surface area (Å²) in [5, 5.41) is 0. The molecule has 0 atom stereocenters. The molecule has 1 aliphatic rings. The lowest BCUT2D eigenvalue weighted by Crippen LogP contribution is -2.18. The van der Waals surface area contributed by atoms with Crippen LogP contribution in [0.25, 0.3) is 11.3 Å². The molecule has 1 aromatic heterocycles. The Labute approximate surface area is 143 Å². The number of hydrogen-bond donors (Lipinski definition) is 1. The lowest BCUT2D eigenvalue weighted by atomic mass is 9.84. The number of aromatic nitrogens is 2. The number of amides is 1. The third-order valence-corrected chi connectivity index (χ3v) is 4.80. The summed E-state index contributed by atoms with van der Waals surface area (Å²) in [5.41, 5.74) is 10.4. The van der Waals surface area contributed by atoms with Crippen LogP contribution in [0.15, 0.2) is 24.3 Å². The third kappa shape index (κ3) is 3.32. The van der Waals surface area contributed by atoms with Gasteiger partial charge in [0.1, 0.15) is 5.69 Å². The van der Waals surface area contributed by atoms with Crippen LogP contribution in [0.1, 0.15) is 66.0 Å². The van der Waals surface area contributed by atoms with Gasteiger partial charge in [-0.2, -0.15) is 0 Å². The summed E-state index contributed by atoms with van der Waals surface area (Å²) in [4.78, 5) is 20.7. The van der Waals surface area contributed by atoms with Crippen LogP contribution in [-0.2, 0) is 6.42 Å². The number of benzene rings is 1. The molecule has 0 aliphatic heterocycles. The first-order valence-corrected chi connectivity index (χ1v) is 8.69. The van der Waals surface area contributed by atoms with E-state index in [1.807, 2.05) is 13.8 Å². The Morgan fingerprint density at radius 1 is 1.17 bits per heavy atom. The van der Waals surface area contributed by atoms with Crippen molar-refractivity contribution in [2.45, 2.75) is 51.9 Å². The monoisotopic (exact) mass is 322 g/mol. The molecule has 0 saturated heterocycles. The lowest BCUT2D eigenvalue weighted by molar-refractivity contribution is 0.0994. The topological polar surface area (TPSA) is 68.9 Å². The Morgan fingerprint density at radius 2 is 1.83 bits per heavy atom. The molecular weight excluding hydrogens is 298 g/mol. The number of nitrogens with two attached hydrogens (primary N) is 1. The summed E-state index contributed by atoms with van der Waals surface area (Å²) < 4.78 is 0. The Balaban J connectivity index is 1.93. The van der Waals surface area contributed by atoms with Crippen molar-refractivity contribution in [1.29, 1.82) is 0 Å². The zero-order valence-corrected chi connectivity index (χ0v) is 14.4. The van der Waals surface area contributed by atoms with Gasteiger partial charge in [0.25, 0.3) is 5.91 Å². The Kier molecular flexibility index (Phi) is 4.93. The highest BCUT2D eigenvalue weighted by molar-refractivity contribution is 5.92. The third-order valence-electron chi connectivity index (χ3n) is 4.80. The molecule has 125 valence electrons. The Hall–Kier alpha value is -2.23. The normalized spacial score (nSPS) is 15.4. The van der Waals surface area contributed by atoms with Crippen molar-refractivity contribution in [3.63, 3.8) is 0 Å². The fourth-order valence-electron chi connectivity index (χ4n) is 3.46. The van der Waals surface area contributed by atoms with Gasteiger partial charge in [-0.25, -0.2) is 4.98 Å². The molecule has 1 saturated carbocycles. The minimum absolute atomic E-state index is 0.282. The molecule has 3 rings (SSSR count). The van der Waals surface area contributed by atoms with Gasteiger partial charge in [0.2, 0.25) is 0 Å². The average molecular weight is 322 g/mol. The van der Waals surface area contributed by atoms with Crippen molar-refractivity contribution >= 4 is 5.91 Å². The molecule has 2 N–H and O–H groups in total. The maximum Gasteiger partial charge on any atom is 0.269 e. The van der Waals surface area contributed by atoms with Crippen LogP contribution >= 0.6 is 0 Å². The summed E-state index contributed by atoms with van der Waals surface area (Å²) >= 11 is 0. The first-order valence-electron chi connectivity index (χ1n) is 8.69. The largest absolute Gasteiger partial charge is 0.364 e. The molecule has 4 heteroatoms. The number of nitrogens with zero attached hydrogens (tertiary/aromatic N) is 2. The van der Waals surface area contributed by atoms with E-state index in [1.54, 1.807) is 0 Å². The fraction of sp³-hybridized carbons (Fsp3) is 0.400. The molecule has 1 fully saturated rings. The predicted octanol–water partition coefficient (Wildman–Crippen LogP) is 3.98. The predicted molar refractivity (Wildman–Crippen MR) is 95.6 cm³/mol. The van der Waals surface area contributed by atoms with Crippen molar-refractivity contribution < 1.29 is 4.79 Å². The van der Waals surface area contributed by atoms with E-state index < -0.39 is 5.91 Å². The van der Waals surface area contributed by atoms with Gasteiger partial charge >= 0.3 is 0 Å². The van der Waals surface area contributed by atoms with E-state index in [4.69, 9.17) is 5.73 Å². The minimum atomic E-state index is -0.518. The molecule has 1 heterocycles. The Bertz CT molecular complexity index is 731. The molecule has 24 heavy (non-hydrogen) atoms. The van der Waals surface area contributed by atoms with Crippen molar-refractivity contribution in [3.05, 3.63) is 53.3 Å². The molecule has 2 aromatic rings. The van der Waals surface area contributed by atoms with Crippen LogP contribution in [0.5, 0.6) is 0 Å². The second kappa shape index (κ2) is 7.12. The van der Waals surface area contributed by atoms with Gasteiger partial charge in [0, 0.05) is 5.56 Å². The Morgan fingerprint density at radius 3 is 2.42 bits per heavy atom. The molecule has 0 spiro atoms. The maximum absolute atomic E-state index is 11.7.